The van der Waals surface area contributed by atoms with Crippen molar-refractivity contribution in [1.82, 2.24) is 20.4 Å². The zero-order valence-corrected chi connectivity index (χ0v) is 21.8. The Balaban J connectivity index is 1.86. The normalized spacial score (nSPS) is 12.9. The van der Waals surface area contributed by atoms with E-state index >= 15 is 0 Å². The summed E-state index contributed by atoms with van der Waals surface area (Å²) in [6, 6.07) is 12.9. The van der Waals surface area contributed by atoms with Crippen molar-refractivity contribution >= 4 is 40.7 Å². The molecule has 0 aliphatic rings. The quantitative estimate of drug-likeness (QED) is 0.231. The standard InChI is InChI=1S/C26H29Cl3N4O/c1-5-6-16(2)18(4)30-11-12-31-26(34)24-17(3)25(19-7-9-20(27)10-8-19)33(32-24)23-14-21(28)13-22(29)15-23/h5,7-10,13-16,18,30H,1,6,11-12H2,2-4H3,(H,31,34). The van der Waals surface area contributed by atoms with Crippen molar-refractivity contribution in [3.8, 4) is 16.9 Å². The van der Waals surface area contributed by atoms with E-state index in [2.05, 4.69) is 36.2 Å². The molecule has 180 valence electrons. The van der Waals surface area contributed by atoms with Crippen LogP contribution < -0.4 is 10.6 Å². The summed E-state index contributed by atoms with van der Waals surface area (Å²) in [4.78, 5) is 13.1. The van der Waals surface area contributed by atoms with Crippen molar-refractivity contribution in [1.29, 1.82) is 0 Å². The smallest absolute Gasteiger partial charge is 0.272 e. The third-order valence-corrected chi connectivity index (χ3v) is 6.50. The van der Waals surface area contributed by atoms with Gasteiger partial charge in [-0.2, -0.15) is 5.10 Å². The number of amides is 1. The van der Waals surface area contributed by atoms with E-state index in [0.29, 0.717) is 51.5 Å². The number of halogens is 3. The van der Waals surface area contributed by atoms with E-state index in [9.17, 15) is 4.79 Å². The molecular weight excluding hydrogens is 491 g/mol. The highest BCUT2D eigenvalue weighted by atomic mass is 35.5. The van der Waals surface area contributed by atoms with E-state index in [1.54, 1.807) is 35.0 Å². The highest BCUT2D eigenvalue weighted by Gasteiger charge is 2.22. The molecule has 0 aliphatic heterocycles. The number of allylic oxidation sites excluding steroid dienone is 1. The van der Waals surface area contributed by atoms with E-state index in [-0.39, 0.29) is 5.91 Å². The second-order valence-electron chi connectivity index (χ2n) is 8.37. The molecule has 34 heavy (non-hydrogen) atoms. The number of aromatic nitrogens is 2. The van der Waals surface area contributed by atoms with Gasteiger partial charge >= 0.3 is 0 Å². The van der Waals surface area contributed by atoms with E-state index in [4.69, 9.17) is 34.8 Å². The fraction of sp³-hybridized carbons (Fsp3) is 0.308. The third-order valence-electron chi connectivity index (χ3n) is 5.82. The first kappa shape index (κ1) is 26.3. The van der Waals surface area contributed by atoms with Crippen molar-refractivity contribution in [2.75, 3.05) is 13.1 Å². The Kier molecular flexibility index (Phi) is 9.20. The molecule has 0 saturated heterocycles. The van der Waals surface area contributed by atoms with Crippen LogP contribution in [-0.4, -0.2) is 34.8 Å². The van der Waals surface area contributed by atoms with Crippen LogP contribution >= 0.6 is 34.8 Å². The molecule has 0 saturated carbocycles. The maximum absolute atomic E-state index is 13.1. The van der Waals surface area contributed by atoms with Crippen LogP contribution in [0, 0.1) is 12.8 Å². The Bertz CT molecular complexity index is 1140. The second kappa shape index (κ2) is 11.9. The summed E-state index contributed by atoms with van der Waals surface area (Å²) in [6.45, 7) is 11.1. The largest absolute Gasteiger partial charge is 0.349 e. The van der Waals surface area contributed by atoms with Crippen LogP contribution in [0.15, 0.2) is 55.1 Å². The van der Waals surface area contributed by atoms with Crippen molar-refractivity contribution in [2.45, 2.75) is 33.2 Å². The summed E-state index contributed by atoms with van der Waals surface area (Å²) >= 11 is 18.6. The summed E-state index contributed by atoms with van der Waals surface area (Å²) in [5.41, 5.74) is 3.39. The average Bonchev–Trinajstić information content (AvgIpc) is 3.13. The molecule has 0 bridgehead atoms. The lowest BCUT2D eigenvalue weighted by Crippen LogP contribution is -2.38. The summed E-state index contributed by atoms with van der Waals surface area (Å²) in [6.07, 6.45) is 2.87. The molecule has 0 fully saturated rings. The van der Waals surface area contributed by atoms with Gasteiger partial charge in [-0.05, 0) is 56.5 Å². The van der Waals surface area contributed by atoms with E-state index in [1.807, 2.05) is 25.1 Å². The van der Waals surface area contributed by atoms with Gasteiger partial charge in [-0.3, -0.25) is 4.79 Å². The first-order valence-electron chi connectivity index (χ1n) is 11.2. The lowest BCUT2D eigenvalue weighted by molar-refractivity contribution is 0.0947. The van der Waals surface area contributed by atoms with Gasteiger partial charge in [-0.15, -0.1) is 6.58 Å². The molecule has 2 atom stereocenters. The lowest BCUT2D eigenvalue weighted by Gasteiger charge is -2.20. The Morgan fingerprint density at radius 2 is 1.71 bits per heavy atom. The molecule has 3 aromatic rings. The molecule has 8 heteroatoms. The number of hydrogen-bond donors (Lipinski definition) is 2. The van der Waals surface area contributed by atoms with Gasteiger partial charge in [0.05, 0.1) is 11.4 Å². The van der Waals surface area contributed by atoms with Crippen molar-refractivity contribution in [3.63, 3.8) is 0 Å². The first-order valence-corrected chi connectivity index (χ1v) is 12.3. The maximum Gasteiger partial charge on any atom is 0.272 e. The Hall–Kier alpha value is -2.31. The van der Waals surface area contributed by atoms with Gasteiger partial charge in [0.1, 0.15) is 0 Å². The first-order chi connectivity index (χ1) is 16.2. The topological polar surface area (TPSA) is 58.9 Å². The molecule has 1 aromatic heterocycles. The molecule has 0 spiro atoms. The molecule has 0 aliphatic carbocycles. The number of carbonyl (C=O) groups is 1. The van der Waals surface area contributed by atoms with Crippen LogP contribution in [0.1, 0.15) is 36.3 Å². The maximum atomic E-state index is 13.1. The fourth-order valence-electron chi connectivity index (χ4n) is 3.73. The van der Waals surface area contributed by atoms with E-state index in [1.165, 1.54) is 0 Å². The minimum atomic E-state index is -0.242. The van der Waals surface area contributed by atoms with Crippen LogP contribution in [0.3, 0.4) is 0 Å². The Morgan fingerprint density at radius 1 is 1.06 bits per heavy atom. The van der Waals surface area contributed by atoms with Crippen LogP contribution in [0.4, 0.5) is 0 Å². The summed E-state index contributed by atoms with van der Waals surface area (Å²) in [5, 5.41) is 12.7. The van der Waals surface area contributed by atoms with E-state index < -0.39 is 0 Å². The molecule has 3 rings (SSSR count). The molecule has 1 amide bonds. The van der Waals surface area contributed by atoms with Gasteiger partial charge in [0.25, 0.3) is 5.91 Å². The lowest BCUT2D eigenvalue weighted by atomic mass is 10.00. The molecule has 2 aromatic carbocycles. The molecule has 2 N–H and O–H groups in total. The molecule has 1 heterocycles. The average molecular weight is 520 g/mol. The zero-order valence-electron chi connectivity index (χ0n) is 19.5. The molecular formula is C26H29Cl3N4O. The summed E-state index contributed by atoms with van der Waals surface area (Å²) < 4.78 is 1.70. The van der Waals surface area contributed by atoms with Gasteiger partial charge < -0.3 is 10.6 Å². The predicted molar refractivity (Wildman–Crippen MR) is 143 cm³/mol. The van der Waals surface area contributed by atoms with Crippen LogP contribution in [0.25, 0.3) is 16.9 Å². The number of benzene rings is 2. The fourth-order valence-corrected chi connectivity index (χ4v) is 4.37. The van der Waals surface area contributed by atoms with Crippen LogP contribution in [-0.2, 0) is 0 Å². The monoisotopic (exact) mass is 518 g/mol. The van der Waals surface area contributed by atoms with Gasteiger partial charge in [-0.1, -0.05) is 59.9 Å². The second-order valence-corrected chi connectivity index (χ2v) is 9.68. The minimum absolute atomic E-state index is 0.242. The predicted octanol–water partition coefficient (Wildman–Crippen LogP) is 6.73. The van der Waals surface area contributed by atoms with Gasteiger partial charge in [0.15, 0.2) is 5.69 Å². The highest BCUT2D eigenvalue weighted by Crippen LogP contribution is 2.31. The van der Waals surface area contributed by atoms with Crippen LogP contribution in [0.2, 0.25) is 15.1 Å². The number of carbonyl (C=O) groups excluding carboxylic acids is 1. The van der Waals surface area contributed by atoms with Gasteiger partial charge in [-0.25, -0.2) is 4.68 Å². The minimum Gasteiger partial charge on any atom is -0.349 e. The van der Waals surface area contributed by atoms with Gasteiger partial charge in [0, 0.05) is 45.3 Å². The van der Waals surface area contributed by atoms with Crippen molar-refractivity contribution in [2.24, 2.45) is 5.92 Å². The molecule has 2 unspecified atom stereocenters. The number of rotatable bonds is 10. The Morgan fingerprint density at radius 3 is 2.32 bits per heavy atom. The number of hydrogen-bond acceptors (Lipinski definition) is 3. The number of nitrogens with zero attached hydrogens (tertiary/aromatic N) is 2. The SMILES string of the molecule is C=CCC(C)C(C)NCCNC(=O)c1nn(-c2cc(Cl)cc(Cl)c2)c(-c2ccc(Cl)cc2)c1C. The van der Waals surface area contributed by atoms with Crippen LogP contribution in [0.5, 0.6) is 0 Å². The van der Waals surface area contributed by atoms with Crippen molar-refractivity contribution in [3.05, 3.63) is 81.4 Å². The molecule has 0 radical (unpaired) electrons. The van der Waals surface area contributed by atoms with E-state index in [0.717, 1.165) is 23.2 Å². The van der Waals surface area contributed by atoms with Gasteiger partial charge in [0.2, 0.25) is 0 Å². The summed E-state index contributed by atoms with van der Waals surface area (Å²) in [7, 11) is 0. The highest BCUT2D eigenvalue weighted by molar-refractivity contribution is 6.34. The third kappa shape index (κ3) is 6.42. The summed E-state index contributed by atoms with van der Waals surface area (Å²) in [5.74, 6) is 0.228. The number of nitrogens with one attached hydrogen (secondary N) is 2. The Labute approximate surface area is 216 Å². The zero-order chi connectivity index (χ0) is 24.8. The molecule has 5 nitrogen and oxygen atoms in total. The van der Waals surface area contributed by atoms with Crippen molar-refractivity contribution < 1.29 is 4.79 Å².